The second-order valence-electron chi connectivity index (χ2n) is 6.08. The molecule has 3 rings (SSSR count). The normalized spacial score (nSPS) is 18.6. The maximum Gasteiger partial charge on any atom is 0.233 e. The smallest absolute Gasteiger partial charge is 0.233 e. The molecular formula is C20H20ClN3O2S. The summed E-state index contributed by atoms with van der Waals surface area (Å²) in [5, 5.41) is 3.31. The summed E-state index contributed by atoms with van der Waals surface area (Å²) in [7, 11) is 1.57. The van der Waals surface area contributed by atoms with Gasteiger partial charge >= 0.3 is 0 Å². The number of nitrogens with one attached hydrogen (secondary N) is 1. The van der Waals surface area contributed by atoms with E-state index in [1.54, 1.807) is 36.2 Å². The average molecular weight is 402 g/mol. The van der Waals surface area contributed by atoms with Crippen LogP contribution in [0.1, 0.15) is 12.0 Å². The van der Waals surface area contributed by atoms with E-state index in [2.05, 4.69) is 10.3 Å². The Morgan fingerprint density at radius 3 is 2.59 bits per heavy atom. The Morgan fingerprint density at radius 1 is 1.22 bits per heavy atom. The van der Waals surface area contributed by atoms with Crippen molar-refractivity contribution < 1.29 is 9.59 Å². The summed E-state index contributed by atoms with van der Waals surface area (Å²) in [4.78, 5) is 31.1. The lowest BCUT2D eigenvalue weighted by Crippen LogP contribution is -2.46. The van der Waals surface area contributed by atoms with E-state index in [9.17, 15) is 9.59 Å². The van der Waals surface area contributed by atoms with Crippen LogP contribution >= 0.6 is 23.4 Å². The molecule has 1 N–H and O–H groups in total. The molecule has 2 aromatic carbocycles. The molecule has 0 aromatic heterocycles. The minimum Gasteiger partial charge on any atom is -0.358 e. The number of hydrogen-bond donors (Lipinski definition) is 1. The maximum absolute atomic E-state index is 12.7. The highest BCUT2D eigenvalue weighted by Crippen LogP contribution is 2.29. The van der Waals surface area contributed by atoms with Gasteiger partial charge in [-0.25, -0.2) is 4.99 Å². The first-order valence-corrected chi connectivity index (χ1v) is 9.89. The largest absolute Gasteiger partial charge is 0.358 e. The highest BCUT2D eigenvalue weighted by atomic mass is 35.5. The van der Waals surface area contributed by atoms with Crippen molar-refractivity contribution in [1.29, 1.82) is 0 Å². The third-order valence-corrected chi connectivity index (χ3v) is 5.64. The summed E-state index contributed by atoms with van der Waals surface area (Å²) in [5.41, 5.74) is 1.84. The molecule has 7 heteroatoms. The van der Waals surface area contributed by atoms with Crippen molar-refractivity contribution in [2.24, 2.45) is 4.99 Å². The molecule has 1 atom stereocenters. The van der Waals surface area contributed by atoms with E-state index in [1.165, 1.54) is 11.8 Å². The fraction of sp³-hybridized carbons (Fsp3) is 0.250. The Morgan fingerprint density at radius 2 is 1.93 bits per heavy atom. The van der Waals surface area contributed by atoms with Crippen LogP contribution in [0.4, 0.5) is 5.69 Å². The molecule has 0 aliphatic carbocycles. The number of nitrogens with zero attached hydrogens (tertiary/aromatic N) is 2. The molecule has 0 spiro atoms. The lowest BCUT2D eigenvalue weighted by atomic mass is 10.1. The van der Waals surface area contributed by atoms with Crippen molar-refractivity contribution in [3.05, 3.63) is 65.2 Å². The molecule has 5 nitrogen and oxygen atoms in total. The SMILES string of the molecule is CNC(=O)[C@H]1CC(=O)N(CCc2ccccc2)C(=Nc2ccc(Cl)cc2)S1. The number of benzene rings is 2. The van der Waals surface area contributed by atoms with E-state index in [1.807, 2.05) is 30.3 Å². The number of carbonyl (C=O) groups is 2. The van der Waals surface area contributed by atoms with Crippen LogP contribution in [0, 0.1) is 0 Å². The van der Waals surface area contributed by atoms with Gasteiger partial charge in [-0.3, -0.25) is 14.5 Å². The van der Waals surface area contributed by atoms with Crippen molar-refractivity contribution in [2.75, 3.05) is 13.6 Å². The second kappa shape index (κ2) is 9.06. The first kappa shape index (κ1) is 19.5. The van der Waals surface area contributed by atoms with Crippen molar-refractivity contribution in [3.63, 3.8) is 0 Å². The Labute approximate surface area is 167 Å². The molecule has 1 heterocycles. The third-order valence-electron chi connectivity index (χ3n) is 4.20. The van der Waals surface area contributed by atoms with Gasteiger partial charge in [-0.05, 0) is 36.2 Å². The molecule has 27 heavy (non-hydrogen) atoms. The lowest BCUT2D eigenvalue weighted by Gasteiger charge is -2.31. The van der Waals surface area contributed by atoms with Gasteiger partial charge in [-0.1, -0.05) is 53.7 Å². The number of aliphatic imine (C=N–C) groups is 1. The van der Waals surface area contributed by atoms with Crippen LogP contribution in [0.2, 0.25) is 5.02 Å². The van der Waals surface area contributed by atoms with Gasteiger partial charge in [0.25, 0.3) is 0 Å². The fourth-order valence-corrected chi connectivity index (χ4v) is 4.04. The standard InChI is InChI=1S/C20H20ClN3O2S/c1-22-19(26)17-13-18(25)24(12-11-14-5-3-2-4-6-14)20(27-17)23-16-9-7-15(21)8-10-16/h2-10,17H,11-13H2,1H3,(H,22,26)/t17-/m1/s1. The van der Waals surface area contributed by atoms with Crippen LogP contribution in [-0.4, -0.2) is 40.7 Å². The van der Waals surface area contributed by atoms with Crippen molar-refractivity contribution in [1.82, 2.24) is 10.2 Å². The van der Waals surface area contributed by atoms with Gasteiger partial charge in [-0.2, -0.15) is 0 Å². The molecule has 0 saturated carbocycles. The maximum atomic E-state index is 12.7. The van der Waals surface area contributed by atoms with Gasteiger partial charge in [0, 0.05) is 25.0 Å². The predicted octanol–water partition coefficient (Wildman–Crippen LogP) is 3.65. The predicted molar refractivity (Wildman–Crippen MR) is 110 cm³/mol. The number of thioether (sulfide) groups is 1. The highest BCUT2D eigenvalue weighted by molar-refractivity contribution is 8.15. The Hall–Kier alpha value is -2.31. The zero-order valence-corrected chi connectivity index (χ0v) is 16.5. The lowest BCUT2D eigenvalue weighted by molar-refractivity contribution is -0.130. The molecule has 140 valence electrons. The van der Waals surface area contributed by atoms with E-state index < -0.39 is 5.25 Å². The number of amidine groups is 1. The van der Waals surface area contributed by atoms with Crippen LogP contribution in [0.5, 0.6) is 0 Å². The van der Waals surface area contributed by atoms with Gasteiger partial charge < -0.3 is 5.32 Å². The zero-order valence-electron chi connectivity index (χ0n) is 14.9. The summed E-state index contributed by atoms with van der Waals surface area (Å²) >= 11 is 7.26. The topological polar surface area (TPSA) is 61.8 Å². The van der Waals surface area contributed by atoms with Crippen LogP contribution in [0.3, 0.4) is 0 Å². The molecule has 1 aliphatic heterocycles. The molecule has 1 aliphatic rings. The second-order valence-corrected chi connectivity index (χ2v) is 7.68. The van der Waals surface area contributed by atoms with Crippen molar-refractivity contribution in [2.45, 2.75) is 18.1 Å². The van der Waals surface area contributed by atoms with Crippen LogP contribution in [0.15, 0.2) is 59.6 Å². The molecule has 2 amide bonds. The third kappa shape index (κ3) is 5.11. The number of carbonyl (C=O) groups excluding carboxylic acids is 2. The van der Waals surface area contributed by atoms with Crippen LogP contribution < -0.4 is 5.32 Å². The summed E-state index contributed by atoms with van der Waals surface area (Å²) in [6.45, 7) is 0.517. The summed E-state index contributed by atoms with van der Waals surface area (Å²) < 4.78 is 0. The first-order valence-electron chi connectivity index (χ1n) is 8.63. The first-order chi connectivity index (χ1) is 13.1. The molecular weight excluding hydrogens is 382 g/mol. The number of hydrogen-bond acceptors (Lipinski definition) is 4. The van der Waals surface area contributed by atoms with E-state index in [0.29, 0.717) is 22.4 Å². The van der Waals surface area contributed by atoms with Gasteiger partial charge in [-0.15, -0.1) is 0 Å². The van der Waals surface area contributed by atoms with Crippen LogP contribution in [-0.2, 0) is 16.0 Å². The Balaban J connectivity index is 1.84. The van der Waals surface area contributed by atoms with E-state index in [0.717, 1.165) is 12.0 Å². The monoisotopic (exact) mass is 401 g/mol. The molecule has 1 fully saturated rings. The van der Waals surface area contributed by atoms with Gasteiger partial charge in [0.2, 0.25) is 11.8 Å². The minimum atomic E-state index is -0.471. The van der Waals surface area contributed by atoms with E-state index in [-0.39, 0.29) is 18.2 Å². The minimum absolute atomic E-state index is 0.0917. The van der Waals surface area contributed by atoms with Crippen molar-refractivity contribution >= 4 is 46.0 Å². The zero-order chi connectivity index (χ0) is 19.2. The summed E-state index contributed by atoms with van der Waals surface area (Å²) in [6, 6.07) is 17.1. The van der Waals surface area contributed by atoms with Gasteiger partial charge in [0.15, 0.2) is 5.17 Å². The van der Waals surface area contributed by atoms with Gasteiger partial charge in [0.1, 0.15) is 0 Å². The Bertz CT molecular complexity index is 840. The fourth-order valence-electron chi connectivity index (χ4n) is 2.73. The summed E-state index contributed by atoms with van der Waals surface area (Å²) in [5.74, 6) is -0.258. The molecule has 0 unspecified atom stereocenters. The summed E-state index contributed by atoms with van der Waals surface area (Å²) in [6.07, 6.45) is 0.885. The average Bonchev–Trinajstić information content (AvgIpc) is 2.69. The molecule has 2 aromatic rings. The van der Waals surface area contributed by atoms with E-state index >= 15 is 0 Å². The number of amides is 2. The molecule has 0 bridgehead atoms. The highest BCUT2D eigenvalue weighted by Gasteiger charge is 2.35. The van der Waals surface area contributed by atoms with Crippen LogP contribution in [0.25, 0.3) is 0 Å². The molecule has 0 radical (unpaired) electrons. The Kier molecular flexibility index (Phi) is 6.53. The molecule has 1 saturated heterocycles. The quantitative estimate of drug-likeness (QED) is 0.831. The van der Waals surface area contributed by atoms with Gasteiger partial charge in [0.05, 0.1) is 10.9 Å². The van der Waals surface area contributed by atoms with Crippen molar-refractivity contribution in [3.8, 4) is 0 Å². The number of halogens is 1. The van der Waals surface area contributed by atoms with E-state index in [4.69, 9.17) is 11.6 Å². The number of rotatable bonds is 5.